The smallest absolute Gasteiger partial charge is 0.227 e. The van der Waals surface area contributed by atoms with E-state index >= 15 is 0 Å². The van der Waals surface area contributed by atoms with E-state index in [1.54, 1.807) is 0 Å². The standard InChI is InChI=1S/C14H26N2O2/c15-10-14(7-1-2-8-14)13(18)16-9-11-3-5-12(17)6-4-11/h11-12,17H,1-10,15H2,(H,16,18). The third kappa shape index (κ3) is 3.04. The van der Waals surface area contributed by atoms with Crippen LogP contribution in [0, 0.1) is 11.3 Å². The minimum atomic E-state index is -0.284. The van der Waals surface area contributed by atoms with Gasteiger partial charge in [0, 0.05) is 13.1 Å². The molecule has 0 aromatic rings. The van der Waals surface area contributed by atoms with Gasteiger partial charge in [0.1, 0.15) is 0 Å². The Morgan fingerprint density at radius 1 is 1.22 bits per heavy atom. The van der Waals surface area contributed by atoms with Gasteiger partial charge in [-0.2, -0.15) is 0 Å². The second-order valence-corrected chi connectivity index (χ2v) is 6.08. The van der Waals surface area contributed by atoms with Gasteiger partial charge in [-0.1, -0.05) is 12.8 Å². The molecule has 2 fully saturated rings. The highest BCUT2D eigenvalue weighted by Crippen LogP contribution is 2.37. The zero-order valence-electron chi connectivity index (χ0n) is 11.2. The molecule has 4 heteroatoms. The zero-order valence-corrected chi connectivity index (χ0v) is 11.2. The van der Waals surface area contributed by atoms with Gasteiger partial charge in [0.05, 0.1) is 11.5 Å². The first-order valence-electron chi connectivity index (χ1n) is 7.33. The number of carbonyl (C=O) groups excluding carboxylic acids is 1. The number of rotatable bonds is 4. The highest BCUT2D eigenvalue weighted by Gasteiger charge is 2.39. The Labute approximate surface area is 109 Å². The minimum absolute atomic E-state index is 0.123. The normalized spacial score (nSPS) is 31.2. The first kappa shape index (κ1) is 13.8. The highest BCUT2D eigenvalue weighted by atomic mass is 16.3. The molecule has 0 spiro atoms. The van der Waals surface area contributed by atoms with Crippen LogP contribution in [0.5, 0.6) is 0 Å². The van der Waals surface area contributed by atoms with Gasteiger partial charge >= 0.3 is 0 Å². The summed E-state index contributed by atoms with van der Waals surface area (Å²) in [5.41, 5.74) is 5.52. The molecule has 1 amide bonds. The Bertz CT molecular complexity index is 280. The lowest BCUT2D eigenvalue weighted by Gasteiger charge is -2.29. The van der Waals surface area contributed by atoms with E-state index in [9.17, 15) is 9.90 Å². The van der Waals surface area contributed by atoms with Gasteiger partial charge in [0.2, 0.25) is 5.91 Å². The summed E-state index contributed by atoms with van der Waals surface area (Å²) in [5.74, 6) is 0.696. The number of aliphatic hydroxyl groups excluding tert-OH is 1. The summed E-state index contributed by atoms with van der Waals surface area (Å²) in [6.45, 7) is 1.23. The van der Waals surface area contributed by atoms with Crippen molar-refractivity contribution in [2.45, 2.75) is 57.5 Å². The van der Waals surface area contributed by atoms with Gasteiger partial charge in [0.15, 0.2) is 0 Å². The van der Waals surface area contributed by atoms with Gasteiger partial charge < -0.3 is 16.2 Å². The summed E-state index contributed by atoms with van der Waals surface area (Å²) in [6, 6.07) is 0. The van der Waals surface area contributed by atoms with Crippen LogP contribution in [0.2, 0.25) is 0 Å². The molecule has 0 aliphatic heterocycles. The van der Waals surface area contributed by atoms with Crippen molar-refractivity contribution in [3.8, 4) is 0 Å². The minimum Gasteiger partial charge on any atom is -0.393 e. The monoisotopic (exact) mass is 254 g/mol. The zero-order chi connectivity index (χ0) is 13.0. The predicted molar refractivity (Wildman–Crippen MR) is 70.9 cm³/mol. The van der Waals surface area contributed by atoms with E-state index in [0.29, 0.717) is 12.5 Å². The highest BCUT2D eigenvalue weighted by molar-refractivity contribution is 5.83. The van der Waals surface area contributed by atoms with Crippen LogP contribution < -0.4 is 11.1 Å². The topological polar surface area (TPSA) is 75.4 Å². The average Bonchev–Trinajstić information content (AvgIpc) is 2.88. The van der Waals surface area contributed by atoms with E-state index in [0.717, 1.165) is 57.9 Å². The van der Waals surface area contributed by atoms with E-state index < -0.39 is 0 Å². The van der Waals surface area contributed by atoms with Crippen molar-refractivity contribution in [2.75, 3.05) is 13.1 Å². The average molecular weight is 254 g/mol. The molecule has 0 heterocycles. The molecule has 0 atom stereocenters. The van der Waals surface area contributed by atoms with Crippen LogP contribution in [0.15, 0.2) is 0 Å². The SMILES string of the molecule is NCC1(C(=O)NCC2CCC(O)CC2)CCCC1. The molecule has 0 saturated heterocycles. The van der Waals surface area contributed by atoms with Crippen LogP contribution in [0.3, 0.4) is 0 Å². The van der Waals surface area contributed by atoms with E-state index in [4.69, 9.17) is 5.73 Å². The van der Waals surface area contributed by atoms with E-state index in [-0.39, 0.29) is 17.4 Å². The fraction of sp³-hybridized carbons (Fsp3) is 0.929. The summed E-state index contributed by atoms with van der Waals surface area (Å²) in [7, 11) is 0. The molecular weight excluding hydrogens is 228 g/mol. The molecular formula is C14H26N2O2. The first-order valence-corrected chi connectivity index (χ1v) is 7.33. The molecule has 104 valence electrons. The van der Waals surface area contributed by atoms with Crippen LogP contribution in [-0.4, -0.2) is 30.2 Å². The summed E-state index contributed by atoms with van der Waals surface area (Å²) >= 11 is 0. The fourth-order valence-electron chi connectivity index (χ4n) is 3.35. The maximum absolute atomic E-state index is 12.3. The maximum atomic E-state index is 12.3. The van der Waals surface area contributed by atoms with Crippen molar-refractivity contribution in [2.24, 2.45) is 17.1 Å². The molecule has 2 saturated carbocycles. The predicted octanol–water partition coefficient (Wildman–Crippen LogP) is 1.17. The Kier molecular flexibility index (Phi) is 4.62. The molecule has 4 N–H and O–H groups in total. The first-order chi connectivity index (χ1) is 8.66. The quantitative estimate of drug-likeness (QED) is 0.705. The lowest BCUT2D eigenvalue weighted by atomic mass is 9.84. The van der Waals surface area contributed by atoms with Gasteiger partial charge in [-0.25, -0.2) is 0 Å². The molecule has 2 rings (SSSR count). The van der Waals surface area contributed by atoms with Crippen molar-refractivity contribution in [3.05, 3.63) is 0 Å². The number of amides is 1. The Morgan fingerprint density at radius 2 is 1.83 bits per heavy atom. The van der Waals surface area contributed by atoms with E-state index in [1.165, 1.54) is 0 Å². The molecule has 18 heavy (non-hydrogen) atoms. The number of hydrogen-bond donors (Lipinski definition) is 3. The Balaban J connectivity index is 1.77. The molecule has 2 aliphatic rings. The molecule has 0 unspecified atom stereocenters. The van der Waals surface area contributed by atoms with E-state index in [2.05, 4.69) is 5.32 Å². The second kappa shape index (κ2) is 6.02. The molecule has 0 radical (unpaired) electrons. The molecule has 0 aromatic heterocycles. The van der Waals surface area contributed by atoms with Crippen molar-refractivity contribution in [1.29, 1.82) is 0 Å². The molecule has 0 bridgehead atoms. The number of hydrogen-bond acceptors (Lipinski definition) is 3. The van der Waals surface area contributed by atoms with Crippen molar-refractivity contribution >= 4 is 5.91 Å². The van der Waals surface area contributed by atoms with Crippen LogP contribution in [0.1, 0.15) is 51.4 Å². The lowest BCUT2D eigenvalue weighted by Crippen LogP contribution is -2.45. The Hall–Kier alpha value is -0.610. The summed E-state index contributed by atoms with van der Waals surface area (Å²) in [4.78, 5) is 12.3. The lowest BCUT2D eigenvalue weighted by molar-refractivity contribution is -0.130. The number of nitrogens with two attached hydrogens (primary N) is 1. The fourth-order valence-corrected chi connectivity index (χ4v) is 3.35. The summed E-state index contributed by atoms with van der Waals surface area (Å²) in [5, 5.41) is 12.6. The number of carbonyl (C=O) groups is 1. The molecule has 4 nitrogen and oxygen atoms in total. The van der Waals surface area contributed by atoms with Gasteiger partial charge in [-0.3, -0.25) is 4.79 Å². The number of nitrogens with one attached hydrogen (secondary N) is 1. The molecule has 0 aromatic carbocycles. The Morgan fingerprint density at radius 3 is 2.39 bits per heavy atom. The van der Waals surface area contributed by atoms with Crippen LogP contribution in [0.4, 0.5) is 0 Å². The van der Waals surface area contributed by atoms with Crippen LogP contribution in [0.25, 0.3) is 0 Å². The largest absolute Gasteiger partial charge is 0.393 e. The van der Waals surface area contributed by atoms with Crippen molar-refractivity contribution in [3.63, 3.8) is 0 Å². The second-order valence-electron chi connectivity index (χ2n) is 6.08. The van der Waals surface area contributed by atoms with Crippen LogP contribution in [-0.2, 0) is 4.79 Å². The maximum Gasteiger partial charge on any atom is 0.227 e. The van der Waals surface area contributed by atoms with Gasteiger partial charge in [-0.15, -0.1) is 0 Å². The van der Waals surface area contributed by atoms with Crippen molar-refractivity contribution < 1.29 is 9.90 Å². The van der Waals surface area contributed by atoms with E-state index in [1.807, 2.05) is 0 Å². The van der Waals surface area contributed by atoms with Crippen LogP contribution >= 0.6 is 0 Å². The van der Waals surface area contributed by atoms with Crippen molar-refractivity contribution in [1.82, 2.24) is 5.32 Å². The van der Waals surface area contributed by atoms with Gasteiger partial charge in [0.25, 0.3) is 0 Å². The van der Waals surface area contributed by atoms with Gasteiger partial charge in [-0.05, 0) is 44.4 Å². The number of aliphatic hydroxyl groups is 1. The molecule has 2 aliphatic carbocycles. The third-order valence-corrected chi connectivity index (χ3v) is 4.80. The summed E-state index contributed by atoms with van der Waals surface area (Å²) in [6.07, 6.45) is 7.82. The summed E-state index contributed by atoms with van der Waals surface area (Å²) < 4.78 is 0. The third-order valence-electron chi connectivity index (χ3n) is 4.80.